The molecule has 1 aromatic rings. The molecule has 0 aromatic heterocycles. The first kappa shape index (κ1) is 17.3. The molecule has 1 saturated carbocycles. The first-order valence-electron chi connectivity index (χ1n) is 7.84. The van der Waals surface area contributed by atoms with Gasteiger partial charge in [-0.15, -0.1) is 0 Å². The maximum atomic E-state index is 11.7. The molecule has 1 spiro atoms. The van der Waals surface area contributed by atoms with Crippen LogP contribution >= 0.6 is 0 Å². The van der Waals surface area contributed by atoms with Gasteiger partial charge in [-0.25, -0.2) is 9.78 Å². The second kappa shape index (κ2) is 6.11. The average Bonchev–Trinajstić information content (AvgIpc) is 2.88. The number of hydrogen-bond donors (Lipinski definition) is 2. The lowest BCUT2D eigenvalue weighted by Gasteiger charge is -2.38. The Balaban J connectivity index is 2.06. The van der Waals surface area contributed by atoms with Crippen molar-refractivity contribution in [2.45, 2.75) is 49.0 Å². The van der Waals surface area contributed by atoms with Gasteiger partial charge in [0.25, 0.3) is 10.1 Å². The highest BCUT2D eigenvalue weighted by Crippen LogP contribution is 2.49. The predicted molar refractivity (Wildman–Crippen MR) is 83.1 cm³/mol. The topological polar surface area (TPSA) is 110 Å². The van der Waals surface area contributed by atoms with Crippen LogP contribution in [-0.2, 0) is 24.7 Å². The molecule has 1 heterocycles. The zero-order valence-corrected chi connectivity index (χ0v) is 14.1. The second-order valence-corrected chi connectivity index (χ2v) is 8.02. The lowest BCUT2D eigenvalue weighted by molar-refractivity contribution is -0.317. The van der Waals surface area contributed by atoms with E-state index in [4.69, 9.17) is 9.78 Å². The normalized spacial score (nSPS) is 30.6. The third-order valence-corrected chi connectivity index (χ3v) is 5.93. The van der Waals surface area contributed by atoms with Crippen LogP contribution < -0.4 is 0 Å². The highest BCUT2D eigenvalue weighted by Gasteiger charge is 2.52. The van der Waals surface area contributed by atoms with E-state index in [-0.39, 0.29) is 17.9 Å². The second-order valence-electron chi connectivity index (χ2n) is 6.63. The number of hydrogen-bond acceptors (Lipinski definition) is 5. The Kier molecular flexibility index (Phi) is 4.41. The van der Waals surface area contributed by atoms with E-state index in [1.54, 1.807) is 12.1 Å². The first-order valence-corrected chi connectivity index (χ1v) is 9.28. The van der Waals surface area contributed by atoms with E-state index < -0.39 is 33.5 Å². The molecule has 0 amide bonds. The fourth-order valence-electron chi connectivity index (χ4n) is 3.85. The predicted octanol–water partition coefficient (Wildman–Crippen LogP) is 2.30. The van der Waals surface area contributed by atoms with Gasteiger partial charge in [-0.05, 0) is 44.2 Å². The standard InChI is InChI=1S/C16H20O7S/c1-10-4-5-14(24(19,20)21)12(7-10)13-9-22-23-16(13)6-2-3-11(8-16)15(17)18/h4-5,7,11,13H,2-3,6,8-9H2,1H3,(H,17,18)(H,19,20,21). The monoisotopic (exact) mass is 356 g/mol. The van der Waals surface area contributed by atoms with Gasteiger partial charge in [-0.2, -0.15) is 8.42 Å². The van der Waals surface area contributed by atoms with Crippen molar-refractivity contribution in [1.82, 2.24) is 0 Å². The Morgan fingerprint density at radius 3 is 2.79 bits per heavy atom. The lowest BCUT2D eigenvalue weighted by atomic mass is 9.69. The summed E-state index contributed by atoms with van der Waals surface area (Å²) in [4.78, 5) is 21.9. The summed E-state index contributed by atoms with van der Waals surface area (Å²) in [5.74, 6) is -1.89. The summed E-state index contributed by atoms with van der Waals surface area (Å²) in [6, 6.07) is 4.67. The van der Waals surface area contributed by atoms with Crippen LogP contribution in [0.15, 0.2) is 23.1 Å². The van der Waals surface area contributed by atoms with Gasteiger partial charge in [0.1, 0.15) is 5.60 Å². The maximum Gasteiger partial charge on any atom is 0.306 e. The SMILES string of the molecule is Cc1ccc(S(=O)(=O)O)c(C2COOC23CCCC(C(=O)O)C3)c1. The third kappa shape index (κ3) is 3.06. The summed E-state index contributed by atoms with van der Waals surface area (Å²) < 4.78 is 33.0. The Morgan fingerprint density at radius 1 is 1.38 bits per heavy atom. The summed E-state index contributed by atoms with van der Waals surface area (Å²) in [6.45, 7) is 1.94. The molecule has 24 heavy (non-hydrogen) atoms. The van der Waals surface area contributed by atoms with Gasteiger partial charge in [0, 0.05) is 5.92 Å². The van der Waals surface area contributed by atoms with Gasteiger partial charge in [-0.1, -0.05) is 17.7 Å². The van der Waals surface area contributed by atoms with Crippen molar-refractivity contribution in [2.24, 2.45) is 5.92 Å². The van der Waals surface area contributed by atoms with E-state index in [1.807, 2.05) is 6.92 Å². The smallest absolute Gasteiger partial charge is 0.306 e. The van der Waals surface area contributed by atoms with Crippen LogP contribution in [0.5, 0.6) is 0 Å². The Morgan fingerprint density at radius 2 is 2.12 bits per heavy atom. The molecule has 1 aliphatic heterocycles. The first-order chi connectivity index (χ1) is 11.2. The summed E-state index contributed by atoms with van der Waals surface area (Å²) >= 11 is 0. The number of benzene rings is 1. The number of carboxylic acid groups (broad SMARTS) is 1. The molecule has 1 aliphatic carbocycles. The van der Waals surface area contributed by atoms with Crippen molar-refractivity contribution >= 4 is 16.1 Å². The van der Waals surface area contributed by atoms with E-state index in [0.717, 1.165) is 5.56 Å². The van der Waals surface area contributed by atoms with Gasteiger partial charge < -0.3 is 5.11 Å². The summed E-state index contributed by atoms with van der Waals surface area (Å²) in [6.07, 6.45) is 2.06. The Bertz CT molecular complexity index is 758. The highest BCUT2D eigenvalue weighted by molar-refractivity contribution is 7.85. The van der Waals surface area contributed by atoms with Crippen molar-refractivity contribution in [3.63, 3.8) is 0 Å². The zero-order valence-electron chi connectivity index (χ0n) is 13.3. The molecule has 2 fully saturated rings. The van der Waals surface area contributed by atoms with E-state index in [9.17, 15) is 22.9 Å². The van der Waals surface area contributed by atoms with Crippen molar-refractivity contribution in [1.29, 1.82) is 0 Å². The van der Waals surface area contributed by atoms with Crippen molar-refractivity contribution in [2.75, 3.05) is 6.61 Å². The molecule has 7 nitrogen and oxygen atoms in total. The summed E-state index contributed by atoms with van der Waals surface area (Å²) in [5, 5.41) is 9.33. The van der Waals surface area contributed by atoms with Crippen molar-refractivity contribution in [3.05, 3.63) is 29.3 Å². The number of carboxylic acids is 1. The molecule has 8 heteroatoms. The molecule has 2 aliphatic rings. The number of carbonyl (C=O) groups is 1. The zero-order chi connectivity index (χ0) is 17.5. The minimum atomic E-state index is -4.40. The van der Waals surface area contributed by atoms with Gasteiger partial charge in [0.2, 0.25) is 0 Å². The fourth-order valence-corrected chi connectivity index (χ4v) is 4.59. The average molecular weight is 356 g/mol. The van der Waals surface area contributed by atoms with E-state index >= 15 is 0 Å². The summed E-state index contributed by atoms with van der Waals surface area (Å²) in [5.41, 5.74) is 0.375. The van der Waals surface area contributed by atoms with Crippen LogP contribution in [0.25, 0.3) is 0 Å². The highest BCUT2D eigenvalue weighted by atomic mass is 32.2. The summed E-state index contributed by atoms with van der Waals surface area (Å²) in [7, 11) is -4.40. The molecule has 3 rings (SSSR count). The molecule has 0 radical (unpaired) electrons. The number of aryl methyl sites for hydroxylation is 1. The number of aliphatic carboxylic acids is 1. The molecule has 1 saturated heterocycles. The van der Waals surface area contributed by atoms with Crippen LogP contribution in [0.2, 0.25) is 0 Å². The molecular weight excluding hydrogens is 336 g/mol. The van der Waals surface area contributed by atoms with Crippen LogP contribution in [0, 0.1) is 12.8 Å². The molecule has 2 N–H and O–H groups in total. The number of rotatable bonds is 3. The lowest BCUT2D eigenvalue weighted by Crippen LogP contribution is -2.42. The van der Waals surface area contributed by atoms with Crippen LogP contribution in [0.1, 0.15) is 42.7 Å². The largest absolute Gasteiger partial charge is 0.481 e. The molecule has 3 atom stereocenters. The molecule has 3 unspecified atom stereocenters. The Hall–Kier alpha value is -1.48. The minimum Gasteiger partial charge on any atom is -0.481 e. The van der Waals surface area contributed by atoms with Gasteiger partial charge >= 0.3 is 5.97 Å². The van der Waals surface area contributed by atoms with Gasteiger partial charge in [-0.3, -0.25) is 9.35 Å². The van der Waals surface area contributed by atoms with E-state index in [2.05, 4.69) is 0 Å². The van der Waals surface area contributed by atoms with Gasteiger partial charge in [0.15, 0.2) is 0 Å². The minimum absolute atomic E-state index is 0.123. The molecule has 132 valence electrons. The van der Waals surface area contributed by atoms with Crippen LogP contribution in [0.3, 0.4) is 0 Å². The fraction of sp³-hybridized carbons (Fsp3) is 0.562. The van der Waals surface area contributed by atoms with Crippen molar-refractivity contribution < 1.29 is 32.6 Å². The molecular formula is C16H20O7S. The third-order valence-electron chi connectivity index (χ3n) is 5.01. The Labute approximate surface area is 140 Å². The quantitative estimate of drug-likeness (QED) is 0.631. The molecule has 0 bridgehead atoms. The van der Waals surface area contributed by atoms with E-state index in [0.29, 0.717) is 24.8 Å². The van der Waals surface area contributed by atoms with Gasteiger partial charge in [0.05, 0.1) is 17.4 Å². The van der Waals surface area contributed by atoms with E-state index in [1.165, 1.54) is 6.07 Å². The van der Waals surface area contributed by atoms with Crippen molar-refractivity contribution in [3.8, 4) is 0 Å². The van der Waals surface area contributed by atoms with Crippen LogP contribution in [-0.4, -0.2) is 36.3 Å². The maximum absolute atomic E-state index is 11.7. The van der Waals surface area contributed by atoms with Crippen LogP contribution in [0.4, 0.5) is 0 Å². The molecule has 1 aromatic carbocycles.